The van der Waals surface area contributed by atoms with Crippen LogP contribution >= 0.6 is 0 Å². The zero-order chi connectivity index (χ0) is 13.0. The molecule has 1 aromatic carbocycles. The third-order valence-corrected chi connectivity index (χ3v) is 2.83. The first-order valence-electron chi connectivity index (χ1n) is 6.05. The first-order chi connectivity index (χ1) is 8.76. The maximum atomic E-state index is 9.15. The van der Waals surface area contributed by atoms with Gasteiger partial charge < -0.3 is 9.84 Å². The van der Waals surface area contributed by atoms with Gasteiger partial charge >= 0.3 is 0 Å². The number of para-hydroxylation sites is 1. The van der Waals surface area contributed by atoms with E-state index in [-0.39, 0.29) is 6.61 Å². The van der Waals surface area contributed by atoms with E-state index in [4.69, 9.17) is 9.84 Å². The number of aliphatic hydroxyl groups excluding tert-OH is 1. The smallest absolute Gasteiger partial charge is 0.128 e. The van der Waals surface area contributed by atoms with Crippen molar-refractivity contribution in [2.45, 2.75) is 20.5 Å². The van der Waals surface area contributed by atoms with E-state index in [1.165, 1.54) is 0 Å². The Morgan fingerprint density at radius 1 is 1.17 bits per heavy atom. The van der Waals surface area contributed by atoms with E-state index in [1.807, 2.05) is 50.2 Å². The van der Waals surface area contributed by atoms with Crippen LogP contribution < -0.4 is 4.74 Å². The summed E-state index contributed by atoms with van der Waals surface area (Å²) in [5.41, 5.74) is 3.55. The predicted octanol–water partition coefficient (Wildman–Crippen LogP) is 2.95. The molecule has 0 spiro atoms. The van der Waals surface area contributed by atoms with E-state index >= 15 is 0 Å². The van der Waals surface area contributed by atoms with Gasteiger partial charge in [0.15, 0.2) is 0 Å². The van der Waals surface area contributed by atoms with Gasteiger partial charge in [-0.15, -0.1) is 0 Å². The highest BCUT2D eigenvalue weighted by molar-refractivity contribution is 5.67. The molecule has 3 heteroatoms. The van der Waals surface area contributed by atoms with E-state index in [1.54, 1.807) is 0 Å². The number of nitrogens with zero attached hydrogens (tertiary/aromatic N) is 1. The second kappa shape index (κ2) is 5.65. The van der Waals surface area contributed by atoms with Gasteiger partial charge in [0.25, 0.3) is 0 Å². The second-order valence-corrected chi connectivity index (χ2v) is 4.03. The summed E-state index contributed by atoms with van der Waals surface area (Å²) < 4.78 is 5.60. The van der Waals surface area contributed by atoms with Crippen molar-refractivity contribution >= 4 is 0 Å². The third-order valence-electron chi connectivity index (χ3n) is 2.83. The summed E-state index contributed by atoms with van der Waals surface area (Å²) in [7, 11) is 0. The maximum absolute atomic E-state index is 9.15. The molecule has 0 bridgehead atoms. The van der Waals surface area contributed by atoms with Gasteiger partial charge in [-0.2, -0.15) is 0 Å². The average Bonchev–Trinajstić information content (AvgIpc) is 2.40. The topological polar surface area (TPSA) is 42.4 Å². The zero-order valence-electron chi connectivity index (χ0n) is 10.7. The summed E-state index contributed by atoms with van der Waals surface area (Å²) in [4.78, 5) is 4.52. The molecule has 1 N–H and O–H groups in total. The molecule has 0 atom stereocenters. The van der Waals surface area contributed by atoms with Crippen LogP contribution in [0.3, 0.4) is 0 Å². The molecular formula is C15H17NO2. The monoisotopic (exact) mass is 243 g/mol. The van der Waals surface area contributed by atoms with Crippen molar-refractivity contribution in [1.29, 1.82) is 0 Å². The Bertz CT molecular complexity index is 538. The summed E-state index contributed by atoms with van der Waals surface area (Å²) >= 11 is 0. The van der Waals surface area contributed by atoms with Crippen LogP contribution in [-0.4, -0.2) is 16.7 Å². The van der Waals surface area contributed by atoms with Gasteiger partial charge in [-0.3, -0.25) is 4.98 Å². The van der Waals surface area contributed by atoms with Crippen LogP contribution in [0.25, 0.3) is 11.3 Å². The Labute approximate surface area is 107 Å². The van der Waals surface area contributed by atoms with Gasteiger partial charge in [-0.25, -0.2) is 0 Å². The summed E-state index contributed by atoms with van der Waals surface area (Å²) in [5.74, 6) is 0.837. The van der Waals surface area contributed by atoms with Crippen molar-refractivity contribution in [1.82, 2.24) is 4.98 Å². The van der Waals surface area contributed by atoms with Crippen LogP contribution in [0.15, 0.2) is 36.4 Å². The molecule has 0 saturated heterocycles. The number of ether oxygens (including phenoxy) is 1. The Balaban J connectivity index is 2.45. The standard InChI is InChI=1S/C15H17NO2/c1-3-18-15-7-5-4-6-13(15)14-9-8-12(10-17)11(2)16-14/h4-9,17H,3,10H2,1-2H3. The lowest BCUT2D eigenvalue weighted by Gasteiger charge is -2.11. The quantitative estimate of drug-likeness (QED) is 0.897. The minimum Gasteiger partial charge on any atom is -0.493 e. The first kappa shape index (κ1) is 12.6. The molecule has 3 nitrogen and oxygen atoms in total. The molecule has 0 aliphatic rings. The molecule has 18 heavy (non-hydrogen) atoms. The molecule has 1 aromatic heterocycles. The molecule has 1 heterocycles. The Morgan fingerprint density at radius 3 is 2.61 bits per heavy atom. The van der Waals surface area contributed by atoms with Crippen LogP contribution in [-0.2, 0) is 6.61 Å². The SMILES string of the molecule is CCOc1ccccc1-c1ccc(CO)c(C)n1. The van der Waals surface area contributed by atoms with Crippen molar-refractivity contribution < 1.29 is 9.84 Å². The number of pyridine rings is 1. The number of hydrogen-bond donors (Lipinski definition) is 1. The molecule has 0 radical (unpaired) electrons. The average molecular weight is 243 g/mol. The van der Waals surface area contributed by atoms with E-state index in [2.05, 4.69) is 4.98 Å². The Kier molecular flexibility index (Phi) is 3.95. The van der Waals surface area contributed by atoms with Crippen LogP contribution in [0.5, 0.6) is 5.75 Å². The van der Waals surface area contributed by atoms with Gasteiger partial charge in [0.1, 0.15) is 5.75 Å². The van der Waals surface area contributed by atoms with Gasteiger partial charge in [-0.05, 0) is 37.6 Å². The summed E-state index contributed by atoms with van der Waals surface area (Å²) in [6.07, 6.45) is 0. The molecule has 0 amide bonds. The Hall–Kier alpha value is -1.87. The molecule has 0 unspecified atom stereocenters. The Morgan fingerprint density at radius 2 is 1.94 bits per heavy atom. The van der Waals surface area contributed by atoms with Crippen LogP contribution in [0, 0.1) is 6.92 Å². The zero-order valence-corrected chi connectivity index (χ0v) is 10.7. The molecule has 0 fully saturated rings. The normalized spacial score (nSPS) is 10.4. The molecule has 2 rings (SSSR count). The van der Waals surface area contributed by atoms with E-state index in [9.17, 15) is 0 Å². The van der Waals surface area contributed by atoms with Crippen molar-refractivity contribution in [3.8, 4) is 17.0 Å². The molecular weight excluding hydrogens is 226 g/mol. The van der Waals surface area contributed by atoms with E-state index < -0.39 is 0 Å². The third kappa shape index (κ3) is 2.51. The number of aliphatic hydroxyl groups is 1. The van der Waals surface area contributed by atoms with E-state index in [0.717, 1.165) is 28.3 Å². The van der Waals surface area contributed by atoms with Gasteiger partial charge in [0.2, 0.25) is 0 Å². The van der Waals surface area contributed by atoms with Crippen molar-refractivity contribution in [2.75, 3.05) is 6.61 Å². The lowest BCUT2D eigenvalue weighted by atomic mass is 10.1. The maximum Gasteiger partial charge on any atom is 0.128 e. The molecule has 2 aromatic rings. The van der Waals surface area contributed by atoms with Crippen molar-refractivity contribution in [3.63, 3.8) is 0 Å². The van der Waals surface area contributed by atoms with Crippen molar-refractivity contribution in [2.24, 2.45) is 0 Å². The number of hydrogen-bond acceptors (Lipinski definition) is 3. The van der Waals surface area contributed by atoms with Crippen molar-refractivity contribution in [3.05, 3.63) is 47.7 Å². The number of aryl methyl sites for hydroxylation is 1. The van der Waals surface area contributed by atoms with Gasteiger partial charge in [0, 0.05) is 11.3 Å². The number of rotatable bonds is 4. The highest BCUT2D eigenvalue weighted by Gasteiger charge is 2.08. The van der Waals surface area contributed by atoms with Crippen LogP contribution in [0.1, 0.15) is 18.2 Å². The number of aromatic nitrogens is 1. The highest BCUT2D eigenvalue weighted by atomic mass is 16.5. The highest BCUT2D eigenvalue weighted by Crippen LogP contribution is 2.29. The summed E-state index contributed by atoms with van der Waals surface area (Å²) in [5, 5.41) is 9.15. The summed E-state index contributed by atoms with van der Waals surface area (Å²) in [6, 6.07) is 11.7. The predicted molar refractivity (Wildman–Crippen MR) is 71.5 cm³/mol. The fraction of sp³-hybridized carbons (Fsp3) is 0.267. The van der Waals surface area contributed by atoms with Crippen LogP contribution in [0.4, 0.5) is 0 Å². The molecule has 0 aliphatic heterocycles. The molecule has 94 valence electrons. The largest absolute Gasteiger partial charge is 0.493 e. The van der Waals surface area contributed by atoms with Crippen LogP contribution in [0.2, 0.25) is 0 Å². The minimum absolute atomic E-state index is 0.0201. The lowest BCUT2D eigenvalue weighted by molar-refractivity contribution is 0.280. The fourth-order valence-corrected chi connectivity index (χ4v) is 1.87. The van der Waals surface area contributed by atoms with Gasteiger partial charge in [-0.1, -0.05) is 18.2 Å². The number of benzene rings is 1. The van der Waals surface area contributed by atoms with Gasteiger partial charge in [0.05, 0.1) is 18.9 Å². The molecule has 0 saturated carbocycles. The second-order valence-electron chi connectivity index (χ2n) is 4.03. The minimum atomic E-state index is 0.0201. The lowest BCUT2D eigenvalue weighted by Crippen LogP contribution is -1.97. The first-order valence-corrected chi connectivity index (χ1v) is 6.05. The molecule has 0 aliphatic carbocycles. The fourth-order valence-electron chi connectivity index (χ4n) is 1.87. The van der Waals surface area contributed by atoms with E-state index in [0.29, 0.717) is 6.61 Å². The summed E-state index contributed by atoms with van der Waals surface area (Å²) in [6.45, 7) is 4.51.